The van der Waals surface area contributed by atoms with Crippen LogP contribution in [0, 0.1) is 11.8 Å². The third-order valence-electron chi connectivity index (χ3n) is 10.4. The van der Waals surface area contributed by atoms with Gasteiger partial charge in [-0.2, -0.15) is 0 Å². The number of likely N-dealkylation sites (tertiary alicyclic amines) is 1. The molecule has 4 fully saturated rings. The fraction of sp³-hybridized carbons (Fsp3) is 0.528. The van der Waals surface area contributed by atoms with Gasteiger partial charge in [0.1, 0.15) is 23.1 Å². The van der Waals surface area contributed by atoms with Crippen LogP contribution >= 0.6 is 0 Å². The number of anilines is 1. The number of nitrogens with one attached hydrogen (secondary N) is 2. The molecule has 0 aromatic heterocycles. The lowest BCUT2D eigenvalue weighted by molar-refractivity contribution is -0.144. The molecule has 8 nitrogen and oxygen atoms in total. The third kappa shape index (κ3) is 5.42. The predicted octanol–water partition coefficient (Wildman–Crippen LogP) is 6.13. The van der Waals surface area contributed by atoms with Crippen molar-refractivity contribution in [1.29, 1.82) is 0 Å². The first-order valence-corrected chi connectivity index (χ1v) is 16.7. The Kier molecular flexibility index (Phi) is 8.19. The van der Waals surface area contributed by atoms with Crippen molar-refractivity contribution in [2.75, 3.05) is 5.32 Å². The Balaban J connectivity index is 1.13. The first kappa shape index (κ1) is 29.1. The molecular formula is C36H43N3O5. The van der Waals surface area contributed by atoms with Gasteiger partial charge in [-0.1, -0.05) is 81.7 Å². The smallest absolute Gasteiger partial charge is 0.246 e. The van der Waals surface area contributed by atoms with Gasteiger partial charge in [0.2, 0.25) is 17.7 Å². The molecular weight excluding hydrogens is 554 g/mol. The zero-order valence-corrected chi connectivity index (χ0v) is 25.3. The summed E-state index contributed by atoms with van der Waals surface area (Å²) in [5.74, 6) is -0.555. The van der Waals surface area contributed by atoms with E-state index in [2.05, 4.69) is 10.6 Å². The molecule has 1 spiro atoms. The standard InChI is InChI=1S/C36H43N3O5/c40-33(37-25-18-20-28(21-19-25)43-27-16-10-5-11-17-27)30-29-22-23-36(44-29)31(30)35(42)39(26-14-8-2-1-3-9-15-26)32(36)34(41)38-24-12-6-4-7-13-24/h5,10-11,16-24,26,29-32H,1-4,6-9,12-15H2,(H,37,40)(H,38,41)/t29-,30-,31-,32+,36-/m0/s1. The van der Waals surface area contributed by atoms with Gasteiger partial charge in [0.25, 0.3) is 0 Å². The number of para-hydroxylation sites is 1. The Morgan fingerprint density at radius 1 is 0.795 bits per heavy atom. The third-order valence-corrected chi connectivity index (χ3v) is 10.4. The number of ether oxygens (including phenoxy) is 2. The SMILES string of the molecule is O=C(Nc1ccc(Oc2ccccc2)cc1)[C@H]1[C@@H]2C=C[C@]3(O2)[C@@H]1C(=O)N(C1CCCCCCC1)[C@@H]3C(=O)NC1CCCCC1. The second kappa shape index (κ2) is 12.4. The van der Waals surface area contributed by atoms with Crippen LogP contribution in [0.3, 0.4) is 0 Å². The molecule has 2 aromatic rings. The number of carbonyl (C=O) groups excluding carboxylic acids is 3. The van der Waals surface area contributed by atoms with Gasteiger partial charge >= 0.3 is 0 Å². The summed E-state index contributed by atoms with van der Waals surface area (Å²) in [6.45, 7) is 0. The minimum atomic E-state index is -1.13. The van der Waals surface area contributed by atoms with Crippen molar-refractivity contribution in [1.82, 2.24) is 10.2 Å². The van der Waals surface area contributed by atoms with Gasteiger partial charge in [-0.3, -0.25) is 14.4 Å². The van der Waals surface area contributed by atoms with Crippen molar-refractivity contribution in [3.05, 3.63) is 66.7 Å². The van der Waals surface area contributed by atoms with Gasteiger partial charge in [0.15, 0.2) is 0 Å². The second-order valence-electron chi connectivity index (χ2n) is 13.2. The van der Waals surface area contributed by atoms with E-state index in [0.717, 1.165) is 70.0 Å². The maximum Gasteiger partial charge on any atom is 0.246 e. The molecule has 5 atom stereocenters. The highest BCUT2D eigenvalue weighted by Crippen LogP contribution is 2.56. The molecule has 44 heavy (non-hydrogen) atoms. The van der Waals surface area contributed by atoms with E-state index < -0.39 is 29.6 Å². The van der Waals surface area contributed by atoms with Crippen LogP contribution < -0.4 is 15.4 Å². The van der Waals surface area contributed by atoms with Crippen LogP contribution in [0.25, 0.3) is 0 Å². The minimum Gasteiger partial charge on any atom is -0.457 e. The second-order valence-corrected chi connectivity index (χ2v) is 13.2. The molecule has 8 heteroatoms. The fourth-order valence-electron chi connectivity index (χ4n) is 8.30. The molecule has 2 saturated carbocycles. The number of nitrogens with zero attached hydrogens (tertiary/aromatic N) is 1. The summed E-state index contributed by atoms with van der Waals surface area (Å²) in [6, 6.07) is 16.1. The number of benzene rings is 2. The molecule has 2 bridgehead atoms. The first-order valence-electron chi connectivity index (χ1n) is 16.7. The lowest BCUT2D eigenvalue weighted by Crippen LogP contribution is -2.58. The number of carbonyl (C=O) groups is 3. The summed E-state index contributed by atoms with van der Waals surface area (Å²) in [5.41, 5.74) is -0.511. The van der Waals surface area contributed by atoms with Gasteiger partial charge < -0.3 is 25.0 Å². The summed E-state index contributed by atoms with van der Waals surface area (Å²) >= 11 is 0. The van der Waals surface area contributed by atoms with Gasteiger partial charge in [-0.25, -0.2) is 0 Å². The fourth-order valence-corrected chi connectivity index (χ4v) is 8.30. The highest BCUT2D eigenvalue weighted by molar-refractivity contribution is 6.03. The van der Waals surface area contributed by atoms with Gasteiger partial charge in [0.05, 0.1) is 17.9 Å². The lowest BCUT2D eigenvalue weighted by atomic mass is 9.74. The zero-order valence-electron chi connectivity index (χ0n) is 25.3. The van der Waals surface area contributed by atoms with Crippen molar-refractivity contribution in [2.45, 2.75) is 107 Å². The summed E-state index contributed by atoms with van der Waals surface area (Å²) in [5, 5.41) is 6.35. The van der Waals surface area contributed by atoms with E-state index in [1.54, 1.807) is 12.1 Å². The zero-order chi connectivity index (χ0) is 30.1. The van der Waals surface area contributed by atoms with Gasteiger partial charge in [-0.05, 0) is 62.1 Å². The van der Waals surface area contributed by atoms with E-state index in [0.29, 0.717) is 11.4 Å². The number of amides is 3. The highest BCUT2D eigenvalue weighted by Gasteiger charge is 2.73. The Morgan fingerprint density at radius 2 is 1.43 bits per heavy atom. The maximum absolute atomic E-state index is 14.5. The number of rotatable bonds is 7. The Hall–Kier alpha value is -3.65. The van der Waals surface area contributed by atoms with Crippen LogP contribution in [0.15, 0.2) is 66.7 Å². The maximum atomic E-state index is 14.5. The Bertz CT molecular complexity index is 1380. The summed E-state index contributed by atoms with van der Waals surface area (Å²) < 4.78 is 12.5. The van der Waals surface area contributed by atoms with Crippen molar-refractivity contribution in [2.24, 2.45) is 11.8 Å². The number of hydrogen-bond donors (Lipinski definition) is 2. The largest absolute Gasteiger partial charge is 0.457 e. The summed E-state index contributed by atoms with van der Waals surface area (Å²) in [4.78, 5) is 44.5. The van der Waals surface area contributed by atoms with Crippen LogP contribution in [0.5, 0.6) is 11.5 Å². The normalized spacial score (nSPS) is 30.5. The molecule has 0 radical (unpaired) electrons. The van der Waals surface area contributed by atoms with Crippen LogP contribution in [-0.2, 0) is 19.1 Å². The monoisotopic (exact) mass is 597 g/mol. The van der Waals surface area contributed by atoms with Gasteiger partial charge in [-0.15, -0.1) is 0 Å². The average molecular weight is 598 g/mol. The molecule has 2 aromatic carbocycles. The number of fused-ring (bicyclic) bond motifs is 1. The Morgan fingerprint density at radius 3 is 2.16 bits per heavy atom. The van der Waals surface area contributed by atoms with Crippen molar-refractivity contribution >= 4 is 23.4 Å². The van der Waals surface area contributed by atoms with Crippen molar-refractivity contribution < 1.29 is 23.9 Å². The molecule has 232 valence electrons. The topological polar surface area (TPSA) is 97.0 Å². The lowest BCUT2D eigenvalue weighted by Gasteiger charge is -2.38. The molecule has 7 rings (SSSR count). The molecule has 2 aliphatic carbocycles. The molecule has 0 unspecified atom stereocenters. The molecule has 3 heterocycles. The van der Waals surface area contributed by atoms with E-state index in [9.17, 15) is 14.4 Å². The Labute approximate surface area is 259 Å². The van der Waals surface area contributed by atoms with Crippen molar-refractivity contribution in [3.8, 4) is 11.5 Å². The average Bonchev–Trinajstić information content (AvgIpc) is 3.66. The van der Waals surface area contributed by atoms with Crippen LogP contribution in [0.4, 0.5) is 5.69 Å². The molecule has 3 aliphatic heterocycles. The van der Waals surface area contributed by atoms with Crippen LogP contribution in [0.1, 0.15) is 77.0 Å². The van der Waals surface area contributed by atoms with E-state index >= 15 is 0 Å². The first-order chi connectivity index (χ1) is 21.5. The van der Waals surface area contributed by atoms with Crippen LogP contribution in [0.2, 0.25) is 0 Å². The quantitative estimate of drug-likeness (QED) is 0.375. The predicted molar refractivity (Wildman–Crippen MR) is 167 cm³/mol. The van der Waals surface area contributed by atoms with Crippen LogP contribution in [-0.4, -0.2) is 52.5 Å². The molecule has 2 saturated heterocycles. The summed E-state index contributed by atoms with van der Waals surface area (Å²) in [6.07, 6.45) is 15.9. The van der Waals surface area contributed by atoms with Gasteiger partial charge in [0, 0.05) is 17.8 Å². The minimum absolute atomic E-state index is 0.0261. The van der Waals surface area contributed by atoms with E-state index in [-0.39, 0.29) is 29.8 Å². The summed E-state index contributed by atoms with van der Waals surface area (Å²) in [7, 11) is 0. The highest BCUT2D eigenvalue weighted by atomic mass is 16.5. The number of hydrogen-bond acceptors (Lipinski definition) is 5. The van der Waals surface area contributed by atoms with Crippen molar-refractivity contribution in [3.63, 3.8) is 0 Å². The van der Waals surface area contributed by atoms with E-state index in [4.69, 9.17) is 9.47 Å². The van der Waals surface area contributed by atoms with E-state index in [1.807, 2.05) is 59.5 Å². The molecule has 2 N–H and O–H groups in total. The molecule has 3 amide bonds. The van der Waals surface area contributed by atoms with E-state index in [1.165, 1.54) is 12.8 Å². The molecule has 5 aliphatic rings.